The van der Waals surface area contributed by atoms with Crippen LogP contribution < -0.4 is 10.5 Å². The minimum Gasteiger partial charge on any atom is -0.478 e. The first-order valence-electron chi connectivity index (χ1n) is 4.64. The van der Waals surface area contributed by atoms with Crippen LogP contribution in [-0.4, -0.2) is 35.0 Å². The molecule has 6 nitrogen and oxygen atoms in total. The van der Waals surface area contributed by atoms with E-state index in [2.05, 4.69) is 5.10 Å². The number of hydrogen-bond donors (Lipinski definition) is 1. The van der Waals surface area contributed by atoms with Crippen molar-refractivity contribution in [3.8, 4) is 0 Å². The van der Waals surface area contributed by atoms with Gasteiger partial charge in [-0.15, -0.1) is 0 Å². The summed E-state index contributed by atoms with van der Waals surface area (Å²) in [5.74, 6) is -1.04. The second kappa shape index (κ2) is 5.11. The van der Waals surface area contributed by atoms with Crippen LogP contribution >= 0.6 is 0 Å². The maximum absolute atomic E-state index is 11.5. The van der Waals surface area contributed by atoms with Crippen LogP contribution in [0.5, 0.6) is 0 Å². The van der Waals surface area contributed by atoms with Gasteiger partial charge in [0.15, 0.2) is 0 Å². The molecule has 0 radical (unpaired) electrons. The number of carboxylic acid groups (broad SMARTS) is 1. The molecule has 0 unspecified atom stereocenters. The SMILES string of the molecule is CN(C)c1cnn(C/C=C/C(=O)O)c(=O)c1. The molecule has 0 bridgehead atoms. The molecule has 1 aromatic rings. The minimum absolute atomic E-state index is 0.152. The molecule has 1 heterocycles. The lowest BCUT2D eigenvalue weighted by atomic mass is 10.4. The molecule has 0 saturated heterocycles. The van der Waals surface area contributed by atoms with Crippen LogP contribution in [-0.2, 0) is 11.3 Å². The molecule has 0 fully saturated rings. The standard InChI is InChI=1S/C10H13N3O3/c1-12(2)8-6-9(14)13(11-7-8)5-3-4-10(15)16/h3-4,6-7H,5H2,1-2H3,(H,15,16)/b4-3+. The fourth-order valence-corrected chi connectivity index (χ4v) is 1.06. The third-order valence-corrected chi connectivity index (χ3v) is 1.91. The lowest BCUT2D eigenvalue weighted by molar-refractivity contribution is -0.131. The number of aliphatic carboxylic acids is 1. The van der Waals surface area contributed by atoms with E-state index in [1.807, 2.05) is 14.1 Å². The Labute approximate surface area is 92.4 Å². The Kier molecular flexibility index (Phi) is 3.82. The van der Waals surface area contributed by atoms with Crippen molar-refractivity contribution < 1.29 is 9.90 Å². The first-order chi connectivity index (χ1) is 7.50. The molecule has 1 N–H and O–H groups in total. The molecule has 0 aliphatic rings. The molecule has 0 atom stereocenters. The van der Waals surface area contributed by atoms with Gasteiger partial charge in [0.05, 0.1) is 18.4 Å². The van der Waals surface area contributed by atoms with Crippen LogP contribution in [0.4, 0.5) is 5.69 Å². The van der Waals surface area contributed by atoms with Gasteiger partial charge in [-0.3, -0.25) is 4.79 Å². The van der Waals surface area contributed by atoms with Crippen LogP contribution in [0.3, 0.4) is 0 Å². The topological polar surface area (TPSA) is 75.4 Å². The molecule has 0 aliphatic carbocycles. The lowest BCUT2D eigenvalue weighted by Crippen LogP contribution is -2.23. The lowest BCUT2D eigenvalue weighted by Gasteiger charge is -2.11. The van der Waals surface area contributed by atoms with E-state index in [1.54, 1.807) is 11.1 Å². The number of anilines is 1. The summed E-state index contributed by atoms with van der Waals surface area (Å²) in [5.41, 5.74) is 0.449. The second-order valence-corrected chi connectivity index (χ2v) is 3.37. The molecule has 0 aromatic carbocycles. The molecule has 86 valence electrons. The van der Waals surface area contributed by atoms with Crippen molar-refractivity contribution >= 4 is 11.7 Å². The van der Waals surface area contributed by atoms with Crippen molar-refractivity contribution in [2.45, 2.75) is 6.54 Å². The van der Waals surface area contributed by atoms with Gasteiger partial charge in [0, 0.05) is 26.2 Å². The largest absolute Gasteiger partial charge is 0.478 e. The van der Waals surface area contributed by atoms with Crippen molar-refractivity contribution in [3.05, 3.63) is 34.8 Å². The highest BCUT2D eigenvalue weighted by atomic mass is 16.4. The quantitative estimate of drug-likeness (QED) is 0.724. The smallest absolute Gasteiger partial charge is 0.328 e. The van der Waals surface area contributed by atoms with E-state index >= 15 is 0 Å². The Morgan fingerprint density at radius 1 is 1.62 bits per heavy atom. The maximum Gasteiger partial charge on any atom is 0.328 e. The third-order valence-electron chi connectivity index (χ3n) is 1.91. The van der Waals surface area contributed by atoms with E-state index in [9.17, 15) is 9.59 Å². The van der Waals surface area contributed by atoms with Gasteiger partial charge in [0.1, 0.15) is 0 Å². The highest BCUT2D eigenvalue weighted by molar-refractivity contribution is 5.79. The van der Waals surface area contributed by atoms with Crippen LogP contribution in [0.2, 0.25) is 0 Å². The zero-order valence-corrected chi connectivity index (χ0v) is 9.12. The summed E-state index contributed by atoms with van der Waals surface area (Å²) in [4.78, 5) is 23.5. The monoisotopic (exact) mass is 223 g/mol. The molecule has 1 aromatic heterocycles. The molecule has 0 aliphatic heterocycles. The van der Waals surface area contributed by atoms with Gasteiger partial charge < -0.3 is 10.0 Å². The Balaban J connectivity index is 2.84. The van der Waals surface area contributed by atoms with Gasteiger partial charge in [-0.1, -0.05) is 6.08 Å². The van der Waals surface area contributed by atoms with Gasteiger partial charge in [0.2, 0.25) is 0 Å². The predicted octanol–water partition coefficient (Wildman–Crippen LogP) is -0.0499. The van der Waals surface area contributed by atoms with Crippen LogP contribution in [0.15, 0.2) is 29.2 Å². The normalized spacial score (nSPS) is 10.6. The second-order valence-electron chi connectivity index (χ2n) is 3.37. The van der Waals surface area contributed by atoms with Gasteiger partial charge in [-0.05, 0) is 0 Å². The number of carboxylic acids is 1. The fourth-order valence-electron chi connectivity index (χ4n) is 1.06. The molecule has 0 amide bonds. The van der Waals surface area contributed by atoms with E-state index < -0.39 is 5.97 Å². The van der Waals surface area contributed by atoms with Crippen molar-refractivity contribution in [2.75, 3.05) is 19.0 Å². The predicted molar refractivity (Wildman–Crippen MR) is 59.6 cm³/mol. The van der Waals surface area contributed by atoms with Gasteiger partial charge >= 0.3 is 5.97 Å². The first kappa shape index (κ1) is 12.0. The molecule has 0 saturated carbocycles. The van der Waals surface area contributed by atoms with Crippen molar-refractivity contribution in [1.29, 1.82) is 0 Å². The van der Waals surface area contributed by atoms with E-state index in [0.29, 0.717) is 5.69 Å². The highest BCUT2D eigenvalue weighted by Gasteiger charge is 2.00. The van der Waals surface area contributed by atoms with Gasteiger partial charge in [0.25, 0.3) is 5.56 Å². The van der Waals surface area contributed by atoms with Crippen LogP contribution in [0, 0.1) is 0 Å². The average Bonchev–Trinajstić information content (AvgIpc) is 2.19. The molecule has 0 spiro atoms. The number of carbonyl (C=O) groups is 1. The summed E-state index contributed by atoms with van der Waals surface area (Å²) in [6, 6.07) is 1.45. The molecule has 6 heteroatoms. The molecular formula is C10H13N3O3. The number of hydrogen-bond acceptors (Lipinski definition) is 4. The maximum atomic E-state index is 11.5. The van der Waals surface area contributed by atoms with E-state index in [-0.39, 0.29) is 12.1 Å². The van der Waals surface area contributed by atoms with Crippen LogP contribution in [0.25, 0.3) is 0 Å². The van der Waals surface area contributed by atoms with E-state index in [1.165, 1.54) is 16.8 Å². The van der Waals surface area contributed by atoms with Crippen molar-refractivity contribution in [2.24, 2.45) is 0 Å². The van der Waals surface area contributed by atoms with E-state index in [4.69, 9.17) is 5.11 Å². The van der Waals surface area contributed by atoms with Gasteiger partial charge in [-0.2, -0.15) is 5.10 Å². The summed E-state index contributed by atoms with van der Waals surface area (Å²) in [5, 5.41) is 12.3. The summed E-state index contributed by atoms with van der Waals surface area (Å²) in [7, 11) is 3.62. The number of rotatable bonds is 4. The summed E-state index contributed by atoms with van der Waals surface area (Å²) in [6.07, 6.45) is 3.90. The number of aromatic nitrogens is 2. The zero-order chi connectivity index (χ0) is 12.1. The summed E-state index contributed by atoms with van der Waals surface area (Å²) in [6.45, 7) is 0.152. The highest BCUT2D eigenvalue weighted by Crippen LogP contribution is 2.03. The molecular weight excluding hydrogens is 210 g/mol. The van der Waals surface area contributed by atoms with E-state index in [0.717, 1.165) is 6.08 Å². The first-order valence-corrected chi connectivity index (χ1v) is 4.64. The Morgan fingerprint density at radius 2 is 2.31 bits per heavy atom. The molecule has 1 rings (SSSR count). The number of nitrogens with zero attached hydrogens (tertiary/aromatic N) is 3. The molecule has 16 heavy (non-hydrogen) atoms. The Morgan fingerprint density at radius 3 is 2.81 bits per heavy atom. The third kappa shape index (κ3) is 3.23. The average molecular weight is 223 g/mol. The minimum atomic E-state index is -1.04. The van der Waals surface area contributed by atoms with Crippen LogP contribution in [0.1, 0.15) is 0 Å². The fraction of sp³-hybridized carbons (Fsp3) is 0.300. The van der Waals surface area contributed by atoms with Gasteiger partial charge in [-0.25, -0.2) is 9.48 Å². The zero-order valence-electron chi connectivity index (χ0n) is 9.12. The summed E-state index contributed by atoms with van der Waals surface area (Å²) >= 11 is 0. The Hall–Kier alpha value is -2.11. The number of allylic oxidation sites excluding steroid dienone is 1. The van der Waals surface area contributed by atoms with Crippen molar-refractivity contribution in [3.63, 3.8) is 0 Å². The Bertz CT molecular complexity index is 463. The summed E-state index contributed by atoms with van der Waals surface area (Å²) < 4.78 is 1.19. The van der Waals surface area contributed by atoms with Crippen molar-refractivity contribution in [1.82, 2.24) is 9.78 Å².